The Bertz CT molecular complexity index is 1200. The smallest absolute Gasteiger partial charge is 0.381 e. The molecule has 3 aromatic heterocycles. The summed E-state index contributed by atoms with van der Waals surface area (Å²) in [6, 6.07) is 7.62. The quantitative estimate of drug-likeness (QED) is 0.502. The number of aromatic nitrogens is 5. The molecule has 11 heteroatoms. The molecule has 0 spiro atoms. The highest BCUT2D eigenvalue weighted by atomic mass is 19.4. The highest BCUT2D eigenvalue weighted by molar-refractivity contribution is 5.74. The molecule has 0 fully saturated rings. The Kier molecular flexibility index (Phi) is 4.29. The minimum atomic E-state index is -4.45. The van der Waals surface area contributed by atoms with E-state index in [1.807, 2.05) is 0 Å². The van der Waals surface area contributed by atoms with Gasteiger partial charge < -0.3 is 11.1 Å². The Morgan fingerprint density at radius 3 is 2.45 bits per heavy atom. The first kappa shape index (κ1) is 18.6. The molecule has 4 rings (SSSR count). The van der Waals surface area contributed by atoms with Crippen molar-refractivity contribution in [1.82, 2.24) is 24.5 Å². The SMILES string of the molecule is Cc1nc2ncccc2n1-c1nc(Nc2ccc(C(F)(F)F)cc2)nc(N)c1F. The molecular formula is C18H13F4N7. The summed E-state index contributed by atoms with van der Waals surface area (Å²) in [5.74, 6) is -1.08. The van der Waals surface area contributed by atoms with Gasteiger partial charge in [-0.1, -0.05) is 0 Å². The number of fused-ring (bicyclic) bond motifs is 1. The third kappa shape index (κ3) is 3.42. The number of nitrogen functional groups attached to an aromatic ring is 1. The molecule has 0 aliphatic heterocycles. The summed E-state index contributed by atoms with van der Waals surface area (Å²) in [6.45, 7) is 1.66. The van der Waals surface area contributed by atoms with Gasteiger partial charge in [0.25, 0.3) is 0 Å². The number of alkyl halides is 3. The third-order valence-electron chi connectivity index (χ3n) is 4.14. The van der Waals surface area contributed by atoms with Crippen molar-refractivity contribution in [3.05, 3.63) is 59.8 Å². The van der Waals surface area contributed by atoms with Crippen LogP contribution in [0.2, 0.25) is 0 Å². The number of hydrogen-bond acceptors (Lipinski definition) is 6. The van der Waals surface area contributed by atoms with Crippen molar-refractivity contribution in [2.45, 2.75) is 13.1 Å². The standard InChI is InChI=1S/C18H13F4N7/c1-9-25-15-12(3-2-8-24-15)29(9)16-13(19)14(23)27-17(28-16)26-11-6-4-10(5-7-11)18(20,21)22/h2-8H,1H3,(H3,23,26,27,28). The Hall–Kier alpha value is -3.76. The summed E-state index contributed by atoms with van der Waals surface area (Å²) in [7, 11) is 0. The van der Waals surface area contributed by atoms with Gasteiger partial charge in [0.2, 0.25) is 11.8 Å². The van der Waals surface area contributed by atoms with Crippen LogP contribution in [0.5, 0.6) is 0 Å². The molecule has 0 saturated carbocycles. The van der Waals surface area contributed by atoms with Gasteiger partial charge in [-0.15, -0.1) is 0 Å². The van der Waals surface area contributed by atoms with Crippen LogP contribution in [-0.4, -0.2) is 24.5 Å². The van der Waals surface area contributed by atoms with E-state index in [4.69, 9.17) is 5.73 Å². The monoisotopic (exact) mass is 403 g/mol. The zero-order valence-corrected chi connectivity index (χ0v) is 14.9. The van der Waals surface area contributed by atoms with Gasteiger partial charge in [-0.3, -0.25) is 4.57 Å². The fourth-order valence-corrected chi connectivity index (χ4v) is 2.82. The maximum Gasteiger partial charge on any atom is 0.416 e. The Morgan fingerprint density at radius 1 is 1.03 bits per heavy atom. The molecule has 0 saturated heterocycles. The Morgan fingerprint density at radius 2 is 1.76 bits per heavy atom. The van der Waals surface area contributed by atoms with Crippen LogP contribution in [0.25, 0.3) is 17.0 Å². The van der Waals surface area contributed by atoms with Crippen LogP contribution in [0, 0.1) is 12.7 Å². The Balaban J connectivity index is 1.76. The highest BCUT2D eigenvalue weighted by Crippen LogP contribution is 2.30. The number of nitrogens with zero attached hydrogens (tertiary/aromatic N) is 5. The Labute approximate surface area is 161 Å². The van der Waals surface area contributed by atoms with Crippen molar-refractivity contribution in [3.63, 3.8) is 0 Å². The van der Waals surface area contributed by atoms with E-state index in [9.17, 15) is 17.6 Å². The van der Waals surface area contributed by atoms with Crippen LogP contribution in [0.1, 0.15) is 11.4 Å². The maximum absolute atomic E-state index is 14.7. The molecular weight excluding hydrogens is 390 g/mol. The molecule has 0 amide bonds. The zero-order valence-electron chi connectivity index (χ0n) is 14.9. The van der Waals surface area contributed by atoms with Crippen LogP contribution in [0.4, 0.5) is 35.0 Å². The summed E-state index contributed by atoms with van der Waals surface area (Å²) in [5, 5.41) is 2.73. The highest BCUT2D eigenvalue weighted by Gasteiger charge is 2.30. The van der Waals surface area contributed by atoms with Gasteiger partial charge in [-0.2, -0.15) is 27.5 Å². The van der Waals surface area contributed by atoms with Gasteiger partial charge in [-0.05, 0) is 43.3 Å². The number of nitrogens with one attached hydrogen (secondary N) is 1. The van der Waals surface area contributed by atoms with Gasteiger partial charge >= 0.3 is 6.18 Å². The lowest BCUT2D eigenvalue weighted by molar-refractivity contribution is -0.137. The van der Waals surface area contributed by atoms with Crippen LogP contribution in [0.15, 0.2) is 42.6 Å². The molecule has 0 atom stereocenters. The molecule has 0 unspecified atom stereocenters. The van der Waals surface area contributed by atoms with Crippen molar-refractivity contribution < 1.29 is 17.6 Å². The number of benzene rings is 1. The van der Waals surface area contributed by atoms with Crippen LogP contribution in [-0.2, 0) is 6.18 Å². The van der Waals surface area contributed by atoms with Gasteiger partial charge in [0.15, 0.2) is 17.3 Å². The second-order valence-electron chi connectivity index (χ2n) is 6.11. The van der Waals surface area contributed by atoms with E-state index in [2.05, 4.69) is 25.3 Å². The fraction of sp³-hybridized carbons (Fsp3) is 0.111. The second-order valence-corrected chi connectivity index (χ2v) is 6.11. The van der Waals surface area contributed by atoms with Gasteiger partial charge in [0.05, 0.1) is 11.1 Å². The van der Waals surface area contributed by atoms with Gasteiger partial charge in [0, 0.05) is 11.9 Å². The number of aryl methyl sites for hydroxylation is 1. The minimum Gasteiger partial charge on any atom is -0.381 e. The number of imidazole rings is 1. The number of halogens is 4. The minimum absolute atomic E-state index is 0.0798. The summed E-state index contributed by atoms with van der Waals surface area (Å²) >= 11 is 0. The number of anilines is 3. The van der Waals surface area contributed by atoms with Crippen molar-refractivity contribution in [1.29, 1.82) is 0 Å². The fourth-order valence-electron chi connectivity index (χ4n) is 2.82. The average molecular weight is 403 g/mol. The lowest BCUT2D eigenvalue weighted by Crippen LogP contribution is -2.11. The molecule has 3 heterocycles. The first-order chi connectivity index (χ1) is 13.7. The van der Waals surface area contributed by atoms with E-state index in [1.165, 1.54) is 16.7 Å². The van der Waals surface area contributed by atoms with Crippen LogP contribution in [0.3, 0.4) is 0 Å². The second kappa shape index (κ2) is 6.69. The first-order valence-corrected chi connectivity index (χ1v) is 8.32. The molecule has 0 aliphatic carbocycles. The van der Waals surface area contributed by atoms with E-state index >= 15 is 0 Å². The zero-order chi connectivity index (χ0) is 20.8. The third-order valence-corrected chi connectivity index (χ3v) is 4.14. The molecule has 0 aliphatic rings. The van der Waals surface area contributed by atoms with E-state index in [0.29, 0.717) is 17.0 Å². The maximum atomic E-state index is 14.7. The van der Waals surface area contributed by atoms with Crippen molar-refractivity contribution in [3.8, 4) is 5.82 Å². The number of pyridine rings is 1. The average Bonchev–Trinajstić information content (AvgIpc) is 3.00. The van der Waals surface area contributed by atoms with Gasteiger partial charge in [-0.25, -0.2) is 9.97 Å². The van der Waals surface area contributed by atoms with Crippen molar-refractivity contribution >= 4 is 28.6 Å². The molecule has 3 N–H and O–H groups in total. The summed E-state index contributed by atoms with van der Waals surface area (Å²) in [6.07, 6.45) is -2.89. The van der Waals surface area contributed by atoms with Crippen molar-refractivity contribution in [2.24, 2.45) is 0 Å². The van der Waals surface area contributed by atoms with Crippen LogP contribution >= 0.6 is 0 Å². The predicted octanol–water partition coefficient (Wildman–Crippen LogP) is 4.00. The lowest BCUT2D eigenvalue weighted by Gasteiger charge is -2.12. The van der Waals surface area contributed by atoms with E-state index in [-0.39, 0.29) is 17.5 Å². The summed E-state index contributed by atoms with van der Waals surface area (Å²) in [4.78, 5) is 16.4. The molecule has 4 aromatic rings. The largest absolute Gasteiger partial charge is 0.416 e. The van der Waals surface area contributed by atoms with E-state index < -0.39 is 23.4 Å². The van der Waals surface area contributed by atoms with Crippen LogP contribution < -0.4 is 11.1 Å². The molecule has 0 radical (unpaired) electrons. The number of hydrogen-bond donors (Lipinski definition) is 2. The molecule has 1 aromatic carbocycles. The molecule has 7 nitrogen and oxygen atoms in total. The van der Waals surface area contributed by atoms with E-state index in [1.54, 1.807) is 25.3 Å². The van der Waals surface area contributed by atoms with Gasteiger partial charge in [0.1, 0.15) is 5.82 Å². The summed E-state index contributed by atoms with van der Waals surface area (Å²) < 4.78 is 54.2. The van der Waals surface area contributed by atoms with E-state index in [0.717, 1.165) is 12.1 Å². The normalized spacial score (nSPS) is 11.8. The van der Waals surface area contributed by atoms with Crippen molar-refractivity contribution in [2.75, 3.05) is 11.1 Å². The number of rotatable bonds is 3. The lowest BCUT2D eigenvalue weighted by atomic mass is 10.2. The number of nitrogens with two attached hydrogens (primary N) is 1. The topological polar surface area (TPSA) is 94.5 Å². The first-order valence-electron chi connectivity index (χ1n) is 8.32. The summed E-state index contributed by atoms with van der Waals surface area (Å²) in [5.41, 5.74) is 6.10. The molecule has 0 bridgehead atoms. The predicted molar refractivity (Wildman–Crippen MR) is 98.3 cm³/mol. The molecule has 148 valence electrons. The molecule has 29 heavy (non-hydrogen) atoms.